The Morgan fingerprint density at radius 1 is 0.392 bits per heavy atom. The summed E-state index contributed by atoms with van der Waals surface area (Å²) < 4.78 is 38.4. The molecule has 4 aliphatic heterocycles. The van der Waals surface area contributed by atoms with Gasteiger partial charge in [-0.05, 0) is 0 Å². The highest BCUT2D eigenvalue weighted by Gasteiger charge is 2.57. The van der Waals surface area contributed by atoms with Crippen LogP contribution in [0.25, 0.3) is 0 Å². The van der Waals surface area contributed by atoms with Crippen LogP contribution in [0.3, 0.4) is 0 Å². The standard InChI is InChI=1S/C27H48O24/c28-1-5(32)18-12(38)14(40)23(26(47-18)49-21-16(42)20(7(34)3-30)46-24(44)17(21)43)51-27-22(13(39)11(37)19(48-27)6(33)2-29)50-25-15(41)10(36)9(35)8(4-31)45-25/h5-44H,1-4H2/t5-,6-,7-,8+,9-,10-,11-,12-,13-,14-,15+,16+,17-,18+,19+,20+,21-,22-,23-,24-,25+,26+,27+/m0/s1. The molecule has 51 heavy (non-hydrogen) atoms. The van der Waals surface area contributed by atoms with Gasteiger partial charge in [-0.1, -0.05) is 0 Å². The molecule has 24 heteroatoms. The minimum absolute atomic E-state index is 0.903. The molecule has 0 aromatic rings. The van der Waals surface area contributed by atoms with Gasteiger partial charge in [0, 0.05) is 0 Å². The van der Waals surface area contributed by atoms with E-state index in [0.717, 1.165) is 0 Å². The van der Waals surface area contributed by atoms with Crippen LogP contribution in [0.4, 0.5) is 0 Å². The van der Waals surface area contributed by atoms with Gasteiger partial charge in [0.05, 0.1) is 26.4 Å². The molecule has 0 radical (unpaired) electrons. The summed E-state index contributed by atoms with van der Waals surface area (Å²) in [4.78, 5) is 0. The zero-order chi connectivity index (χ0) is 38.1. The number of hydrogen-bond acceptors (Lipinski definition) is 24. The van der Waals surface area contributed by atoms with Crippen LogP contribution >= 0.6 is 0 Å². The Bertz CT molecular complexity index is 1060. The Balaban J connectivity index is 1.70. The molecule has 17 N–H and O–H groups in total. The molecule has 0 bridgehead atoms. The average Bonchev–Trinajstić information content (AvgIpc) is 3.12. The van der Waals surface area contributed by atoms with Gasteiger partial charge in [0.25, 0.3) is 0 Å². The smallest absolute Gasteiger partial charge is 0.187 e. The number of rotatable bonds is 13. The molecule has 4 fully saturated rings. The number of aliphatic hydroxyl groups excluding tert-OH is 17. The van der Waals surface area contributed by atoms with Crippen LogP contribution in [0.1, 0.15) is 0 Å². The Morgan fingerprint density at radius 3 is 1.24 bits per heavy atom. The van der Waals surface area contributed by atoms with Crippen LogP contribution in [0.2, 0.25) is 0 Å². The van der Waals surface area contributed by atoms with Crippen molar-refractivity contribution in [2.24, 2.45) is 0 Å². The summed E-state index contributed by atoms with van der Waals surface area (Å²) in [7, 11) is 0. The fraction of sp³-hybridized carbons (Fsp3) is 1.00. The van der Waals surface area contributed by atoms with Crippen LogP contribution in [0.5, 0.6) is 0 Å². The van der Waals surface area contributed by atoms with Crippen molar-refractivity contribution in [3.8, 4) is 0 Å². The summed E-state index contributed by atoms with van der Waals surface area (Å²) in [6.45, 7) is -4.00. The molecule has 0 aliphatic carbocycles. The lowest BCUT2D eigenvalue weighted by Crippen LogP contribution is -2.69. The maximum atomic E-state index is 11.2. The first-order valence-electron chi connectivity index (χ1n) is 15.9. The monoisotopic (exact) mass is 756 g/mol. The molecule has 4 heterocycles. The van der Waals surface area contributed by atoms with Crippen molar-refractivity contribution in [2.75, 3.05) is 26.4 Å². The molecule has 0 saturated carbocycles. The number of ether oxygens (including phenoxy) is 7. The number of hydrogen-bond donors (Lipinski definition) is 17. The quantitative estimate of drug-likeness (QED) is 0.0829. The minimum Gasteiger partial charge on any atom is -0.394 e. The maximum absolute atomic E-state index is 11.2. The van der Waals surface area contributed by atoms with E-state index in [-0.39, 0.29) is 0 Å². The van der Waals surface area contributed by atoms with E-state index in [1.807, 2.05) is 0 Å². The van der Waals surface area contributed by atoms with E-state index in [0.29, 0.717) is 0 Å². The Hall–Kier alpha value is -0.960. The normalized spacial score (nSPS) is 50.1. The molecule has 0 spiro atoms. The molecule has 0 aromatic heterocycles. The van der Waals surface area contributed by atoms with E-state index in [1.54, 1.807) is 0 Å². The zero-order valence-electron chi connectivity index (χ0n) is 26.6. The van der Waals surface area contributed by atoms with E-state index in [2.05, 4.69) is 0 Å². The Labute approximate surface area is 288 Å². The van der Waals surface area contributed by atoms with Crippen molar-refractivity contribution in [2.45, 2.75) is 141 Å². The van der Waals surface area contributed by atoms with Gasteiger partial charge in [-0.3, -0.25) is 0 Å². The number of aliphatic hydroxyl groups is 17. The molecule has 0 amide bonds. The van der Waals surface area contributed by atoms with E-state index in [1.165, 1.54) is 0 Å². The SMILES string of the molecule is OC[C@H](O)[C@H]1O[C@H](O[C@@H]2[C@@H](O[C@H]3[C@H](O)[C@@H]([C@@H](O)CO)O[C@H](O)[C@H]3O)O[C@H]([C@@H](O)CO)[C@@H](O)[C@@H]2O)[C@@H](O[C@H]2O[C@H](CO)[C@H](O)[C@H](O)[C@H]2O)[C@@H](O)[C@@H]1O. The zero-order valence-corrected chi connectivity index (χ0v) is 26.6. The summed E-state index contributed by atoms with van der Waals surface area (Å²) in [6, 6.07) is 0. The molecule has 4 rings (SSSR count). The van der Waals surface area contributed by atoms with E-state index < -0.39 is 168 Å². The van der Waals surface area contributed by atoms with E-state index in [4.69, 9.17) is 33.2 Å². The van der Waals surface area contributed by atoms with Gasteiger partial charge < -0.3 is 120 Å². The van der Waals surface area contributed by atoms with Gasteiger partial charge in [0.15, 0.2) is 25.2 Å². The molecular weight excluding hydrogens is 708 g/mol. The first kappa shape index (κ1) is 42.8. The van der Waals surface area contributed by atoms with Crippen molar-refractivity contribution in [3.05, 3.63) is 0 Å². The summed E-state index contributed by atoms with van der Waals surface area (Å²) in [6.07, 6.45) is -46.5. The molecule has 4 saturated heterocycles. The van der Waals surface area contributed by atoms with Crippen molar-refractivity contribution < 1.29 is 120 Å². The molecule has 300 valence electrons. The average molecular weight is 757 g/mol. The van der Waals surface area contributed by atoms with Crippen LogP contribution < -0.4 is 0 Å². The third-order valence-electron chi connectivity index (χ3n) is 9.18. The fourth-order valence-corrected chi connectivity index (χ4v) is 6.18. The highest BCUT2D eigenvalue weighted by molar-refractivity contribution is 5.00. The van der Waals surface area contributed by atoms with Crippen molar-refractivity contribution >= 4 is 0 Å². The predicted molar refractivity (Wildman–Crippen MR) is 152 cm³/mol. The van der Waals surface area contributed by atoms with Gasteiger partial charge in [0.1, 0.15) is 116 Å². The summed E-state index contributed by atoms with van der Waals surface area (Å²) in [5.74, 6) is 0. The van der Waals surface area contributed by atoms with E-state index >= 15 is 0 Å². The first-order valence-corrected chi connectivity index (χ1v) is 15.9. The van der Waals surface area contributed by atoms with Crippen LogP contribution in [-0.4, -0.2) is 254 Å². The van der Waals surface area contributed by atoms with Crippen molar-refractivity contribution in [1.82, 2.24) is 0 Å². The minimum atomic E-state index is -2.26. The predicted octanol–water partition coefficient (Wildman–Crippen LogP) is -11.7. The molecule has 4 aliphatic rings. The largest absolute Gasteiger partial charge is 0.394 e. The van der Waals surface area contributed by atoms with Gasteiger partial charge in [-0.15, -0.1) is 0 Å². The second-order valence-electron chi connectivity index (χ2n) is 12.6. The van der Waals surface area contributed by atoms with Gasteiger partial charge in [-0.25, -0.2) is 0 Å². The maximum Gasteiger partial charge on any atom is 0.187 e. The summed E-state index contributed by atoms with van der Waals surface area (Å²) in [5, 5.41) is 175. The summed E-state index contributed by atoms with van der Waals surface area (Å²) >= 11 is 0. The van der Waals surface area contributed by atoms with Crippen molar-refractivity contribution in [1.29, 1.82) is 0 Å². The highest BCUT2D eigenvalue weighted by Crippen LogP contribution is 2.36. The van der Waals surface area contributed by atoms with Crippen LogP contribution in [-0.2, 0) is 33.2 Å². The van der Waals surface area contributed by atoms with Crippen LogP contribution in [0, 0.1) is 0 Å². The fourth-order valence-electron chi connectivity index (χ4n) is 6.18. The van der Waals surface area contributed by atoms with E-state index in [9.17, 15) is 86.8 Å². The third kappa shape index (κ3) is 8.80. The van der Waals surface area contributed by atoms with Crippen molar-refractivity contribution in [3.63, 3.8) is 0 Å². The molecule has 0 aromatic carbocycles. The molecule has 23 atom stereocenters. The van der Waals surface area contributed by atoms with Gasteiger partial charge in [0.2, 0.25) is 0 Å². The second-order valence-corrected chi connectivity index (χ2v) is 12.6. The second kappa shape index (κ2) is 18.1. The molecule has 0 unspecified atom stereocenters. The molecular formula is C27H48O24. The Kier molecular flexibility index (Phi) is 15.2. The topological polar surface area (TPSA) is 409 Å². The lowest BCUT2D eigenvalue weighted by atomic mass is 9.93. The molecule has 24 nitrogen and oxygen atoms in total. The lowest BCUT2D eigenvalue weighted by molar-refractivity contribution is -0.408. The highest BCUT2D eigenvalue weighted by atomic mass is 16.8. The van der Waals surface area contributed by atoms with Gasteiger partial charge >= 0.3 is 0 Å². The Morgan fingerprint density at radius 2 is 0.804 bits per heavy atom. The summed E-state index contributed by atoms with van der Waals surface area (Å²) in [5.41, 5.74) is 0. The first-order chi connectivity index (χ1) is 24.0. The lowest BCUT2D eigenvalue weighted by Gasteiger charge is -2.50. The van der Waals surface area contributed by atoms with Crippen LogP contribution in [0.15, 0.2) is 0 Å². The van der Waals surface area contributed by atoms with Gasteiger partial charge in [-0.2, -0.15) is 0 Å². The third-order valence-corrected chi connectivity index (χ3v) is 9.18.